The Labute approximate surface area is 130 Å². The van der Waals surface area contributed by atoms with Gasteiger partial charge in [0.05, 0.1) is 6.04 Å². The average molecular weight is 361 g/mol. The van der Waals surface area contributed by atoms with E-state index in [9.17, 15) is 8.78 Å². The molecule has 0 fully saturated rings. The van der Waals surface area contributed by atoms with Gasteiger partial charge in [-0.3, -0.25) is 0 Å². The minimum atomic E-state index is -0.948. The van der Waals surface area contributed by atoms with Crippen molar-refractivity contribution in [3.05, 3.63) is 68.2 Å². The smallest absolute Gasteiger partial charge is 0.160 e. The van der Waals surface area contributed by atoms with Gasteiger partial charge in [-0.15, -0.1) is 0 Å². The summed E-state index contributed by atoms with van der Waals surface area (Å²) in [5.41, 5.74) is 2.51. The molecule has 0 aliphatic carbocycles. The zero-order valence-electron chi connectivity index (χ0n) is 11.0. The SMILES string of the molecule is CNC(c1cc(F)c(F)cc1Cl)c1ccc(C)cc1Br. The molecule has 1 unspecified atom stereocenters. The van der Waals surface area contributed by atoms with E-state index in [0.717, 1.165) is 27.7 Å². The van der Waals surface area contributed by atoms with Gasteiger partial charge in [0.1, 0.15) is 0 Å². The molecular formula is C15H13BrClF2N. The van der Waals surface area contributed by atoms with E-state index in [1.165, 1.54) is 0 Å². The second-order valence-electron chi connectivity index (χ2n) is 4.53. The quantitative estimate of drug-likeness (QED) is 0.760. The lowest BCUT2D eigenvalue weighted by molar-refractivity contribution is 0.505. The summed E-state index contributed by atoms with van der Waals surface area (Å²) in [6, 6.07) is 7.65. The lowest BCUT2D eigenvalue weighted by Gasteiger charge is -2.20. The molecule has 0 saturated heterocycles. The third kappa shape index (κ3) is 3.03. The van der Waals surface area contributed by atoms with Crippen molar-refractivity contribution in [1.29, 1.82) is 0 Å². The predicted octanol–water partition coefficient (Wildman–Crippen LogP) is 5.00. The molecule has 106 valence electrons. The summed E-state index contributed by atoms with van der Waals surface area (Å²) in [7, 11) is 1.74. The summed E-state index contributed by atoms with van der Waals surface area (Å²) < 4.78 is 27.5. The summed E-state index contributed by atoms with van der Waals surface area (Å²) in [6.45, 7) is 1.98. The van der Waals surface area contributed by atoms with Crippen molar-refractivity contribution < 1.29 is 8.78 Å². The highest BCUT2D eigenvalue weighted by molar-refractivity contribution is 9.10. The Kier molecular flexibility index (Phi) is 4.78. The summed E-state index contributed by atoms with van der Waals surface area (Å²) in [5.74, 6) is -1.86. The van der Waals surface area contributed by atoms with E-state index in [-0.39, 0.29) is 11.1 Å². The first kappa shape index (κ1) is 15.4. The molecule has 2 aromatic carbocycles. The molecule has 1 N–H and O–H groups in total. The van der Waals surface area contributed by atoms with Crippen LogP contribution in [0.5, 0.6) is 0 Å². The Balaban J connectivity index is 2.55. The second kappa shape index (κ2) is 6.20. The molecule has 0 aromatic heterocycles. The van der Waals surface area contributed by atoms with Crippen LogP contribution in [-0.4, -0.2) is 7.05 Å². The number of benzene rings is 2. The Hall–Kier alpha value is -0.970. The molecular weight excluding hydrogens is 348 g/mol. The van der Waals surface area contributed by atoms with Crippen LogP contribution in [0.15, 0.2) is 34.8 Å². The van der Waals surface area contributed by atoms with E-state index >= 15 is 0 Å². The molecule has 0 aliphatic rings. The van der Waals surface area contributed by atoms with E-state index in [1.807, 2.05) is 25.1 Å². The number of hydrogen-bond donors (Lipinski definition) is 1. The van der Waals surface area contributed by atoms with Crippen LogP contribution in [0, 0.1) is 18.6 Å². The van der Waals surface area contributed by atoms with E-state index in [0.29, 0.717) is 5.56 Å². The first-order valence-corrected chi connectivity index (χ1v) is 7.19. The molecule has 1 atom stereocenters. The highest BCUT2D eigenvalue weighted by Gasteiger charge is 2.20. The number of halogens is 4. The van der Waals surface area contributed by atoms with Gasteiger partial charge in [0.25, 0.3) is 0 Å². The van der Waals surface area contributed by atoms with Gasteiger partial charge in [-0.2, -0.15) is 0 Å². The fraction of sp³-hybridized carbons (Fsp3) is 0.200. The molecule has 0 amide bonds. The molecule has 0 radical (unpaired) electrons. The Morgan fingerprint density at radius 2 is 1.75 bits per heavy atom. The lowest BCUT2D eigenvalue weighted by Crippen LogP contribution is -2.19. The van der Waals surface area contributed by atoms with Crippen LogP contribution >= 0.6 is 27.5 Å². The standard InChI is InChI=1S/C15H13BrClF2N/c1-8-3-4-9(11(16)5-8)15(20-2)10-6-13(18)14(19)7-12(10)17/h3-7,15,20H,1-2H3. The fourth-order valence-corrected chi connectivity index (χ4v) is 3.09. The Morgan fingerprint density at radius 3 is 2.35 bits per heavy atom. The van der Waals surface area contributed by atoms with Gasteiger partial charge in [-0.25, -0.2) is 8.78 Å². The molecule has 2 rings (SSSR count). The highest BCUT2D eigenvalue weighted by atomic mass is 79.9. The van der Waals surface area contributed by atoms with Gasteiger partial charge in [0, 0.05) is 9.50 Å². The van der Waals surface area contributed by atoms with Crippen LogP contribution < -0.4 is 5.32 Å². The molecule has 0 spiro atoms. The van der Waals surface area contributed by atoms with E-state index in [2.05, 4.69) is 21.2 Å². The molecule has 20 heavy (non-hydrogen) atoms. The topological polar surface area (TPSA) is 12.0 Å². The van der Waals surface area contributed by atoms with Gasteiger partial charge in [-0.1, -0.05) is 39.7 Å². The van der Waals surface area contributed by atoms with Gasteiger partial charge in [-0.05, 0) is 48.9 Å². The number of hydrogen-bond acceptors (Lipinski definition) is 1. The van der Waals surface area contributed by atoms with E-state index in [4.69, 9.17) is 11.6 Å². The minimum Gasteiger partial charge on any atom is -0.309 e. The Morgan fingerprint density at radius 1 is 1.10 bits per heavy atom. The zero-order valence-corrected chi connectivity index (χ0v) is 13.3. The maximum absolute atomic E-state index is 13.5. The van der Waals surface area contributed by atoms with E-state index < -0.39 is 11.6 Å². The molecule has 1 nitrogen and oxygen atoms in total. The van der Waals surface area contributed by atoms with Crippen molar-refractivity contribution in [2.24, 2.45) is 0 Å². The summed E-state index contributed by atoms with van der Waals surface area (Å²) in [6.07, 6.45) is 0. The third-order valence-corrected chi connectivity index (χ3v) is 4.12. The summed E-state index contributed by atoms with van der Waals surface area (Å²) >= 11 is 9.54. The third-order valence-electron chi connectivity index (χ3n) is 3.11. The van der Waals surface area contributed by atoms with E-state index in [1.54, 1.807) is 7.05 Å². The van der Waals surface area contributed by atoms with Crippen molar-refractivity contribution in [2.75, 3.05) is 7.05 Å². The normalized spacial score (nSPS) is 12.5. The van der Waals surface area contributed by atoms with Crippen molar-refractivity contribution in [1.82, 2.24) is 5.32 Å². The highest BCUT2D eigenvalue weighted by Crippen LogP contribution is 2.33. The van der Waals surface area contributed by atoms with Crippen LogP contribution in [0.2, 0.25) is 5.02 Å². The monoisotopic (exact) mass is 359 g/mol. The number of nitrogens with one attached hydrogen (secondary N) is 1. The van der Waals surface area contributed by atoms with Crippen LogP contribution in [0.4, 0.5) is 8.78 Å². The average Bonchev–Trinajstić information content (AvgIpc) is 2.38. The van der Waals surface area contributed by atoms with Crippen molar-refractivity contribution in [2.45, 2.75) is 13.0 Å². The van der Waals surface area contributed by atoms with Crippen molar-refractivity contribution in [3.8, 4) is 0 Å². The largest absolute Gasteiger partial charge is 0.309 e. The lowest BCUT2D eigenvalue weighted by atomic mass is 9.97. The fourth-order valence-electron chi connectivity index (χ4n) is 2.10. The zero-order chi connectivity index (χ0) is 14.9. The van der Waals surface area contributed by atoms with Gasteiger partial charge < -0.3 is 5.32 Å². The molecule has 5 heteroatoms. The molecule has 2 aromatic rings. The van der Waals surface area contributed by atoms with Crippen LogP contribution in [0.1, 0.15) is 22.7 Å². The van der Waals surface area contributed by atoms with Gasteiger partial charge in [0.2, 0.25) is 0 Å². The van der Waals surface area contributed by atoms with Gasteiger partial charge >= 0.3 is 0 Å². The van der Waals surface area contributed by atoms with Gasteiger partial charge in [0.15, 0.2) is 11.6 Å². The van der Waals surface area contributed by atoms with Crippen LogP contribution in [0.3, 0.4) is 0 Å². The molecule has 0 heterocycles. The summed E-state index contributed by atoms with van der Waals surface area (Å²) in [5, 5.41) is 3.27. The maximum atomic E-state index is 13.5. The second-order valence-corrected chi connectivity index (χ2v) is 5.80. The summed E-state index contributed by atoms with van der Waals surface area (Å²) in [4.78, 5) is 0. The minimum absolute atomic E-state index is 0.190. The molecule has 0 bridgehead atoms. The first-order valence-electron chi connectivity index (χ1n) is 6.01. The number of rotatable bonds is 3. The van der Waals surface area contributed by atoms with Crippen LogP contribution in [0.25, 0.3) is 0 Å². The predicted molar refractivity (Wildman–Crippen MR) is 81.1 cm³/mol. The molecule has 0 saturated carbocycles. The number of aryl methyl sites for hydroxylation is 1. The van der Waals surface area contributed by atoms with Crippen molar-refractivity contribution in [3.63, 3.8) is 0 Å². The first-order chi connectivity index (χ1) is 9.43. The van der Waals surface area contributed by atoms with Crippen molar-refractivity contribution >= 4 is 27.5 Å². The maximum Gasteiger partial charge on any atom is 0.160 e. The molecule has 0 aliphatic heterocycles. The Bertz CT molecular complexity index is 646. The van der Waals surface area contributed by atoms with Crippen LogP contribution in [-0.2, 0) is 0 Å².